The summed E-state index contributed by atoms with van der Waals surface area (Å²) in [6.07, 6.45) is 0.0612. The van der Waals surface area contributed by atoms with Crippen LogP contribution in [-0.4, -0.2) is 25.2 Å². The number of thiophene rings is 1. The number of hydrogen-bond acceptors (Lipinski definition) is 5. The number of carbonyl (C=O) groups is 1. The zero-order valence-corrected chi connectivity index (χ0v) is 16.0. The maximum atomic E-state index is 13.4. The van der Waals surface area contributed by atoms with E-state index in [1.165, 1.54) is 0 Å². The van der Waals surface area contributed by atoms with Crippen LogP contribution in [0.2, 0.25) is 0 Å². The molecule has 0 saturated carbocycles. The number of fused-ring (bicyclic) bond motifs is 2. The van der Waals surface area contributed by atoms with Gasteiger partial charge in [-0.3, -0.25) is 4.79 Å². The second-order valence-electron chi connectivity index (χ2n) is 6.75. The first-order chi connectivity index (χ1) is 13.8. The Balaban J connectivity index is 1.46. The molecule has 0 unspecified atom stereocenters. The van der Waals surface area contributed by atoms with Crippen LogP contribution in [-0.2, 0) is 17.8 Å². The van der Waals surface area contributed by atoms with Gasteiger partial charge in [0.25, 0.3) is 5.91 Å². The summed E-state index contributed by atoms with van der Waals surface area (Å²) in [5.41, 5.74) is 1.85. The van der Waals surface area contributed by atoms with E-state index in [-0.39, 0.29) is 5.91 Å². The zero-order valence-electron chi connectivity index (χ0n) is 15.2. The van der Waals surface area contributed by atoms with E-state index in [0.717, 1.165) is 21.9 Å². The van der Waals surface area contributed by atoms with Crippen molar-refractivity contribution < 1.29 is 19.0 Å². The molecule has 3 aromatic rings. The fourth-order valence-electron chi connectivity index (χ4n) is 3.55. The molecule has 0 aliphatic carbocycles. The third kappa shape index (κ3) is 3.20. The van der Waals surface area contributed by atoms with Gasteiger partial charge in [0.15, 0.2) is 17.6 Å². The molecule has 0 N–H and O–H groups in total. The molecule has 0 fully saturated rings. The van der Waals surface area contributed by atoms with Crippen molar-refractivity contribution in [1.29, 1.82) is 0 Å². The van der Waals surface area contributed by atoms with Gasteiger partial charge in [-0.05, 0) is 35.2 Å². The van der Waals surface area contributed by atoms with Crippen LogP contribution < -0.4 is 19.1 Å². The molecule has 6 heteroatoms. The van der Waals surface area contributed by atoms with Crippen LogP contribution in [0.3, 0.4) is 0 Å². The molecule has 0 saturated heterocycles. The number of ether oxygens (including phenoxy) is 3. The minimum Gasteiger partial charge on any atom is -0.486 e. The lowest BCUT2D eigenvalue weighted by molar-refractivity contribution is -0.124. The first-order valence-corrected chi connectivity index (χ1v) is 10.1. The molecule has 0 bridgehead atoms. The van der Waals surface area contributed by atoms with Gasteiger partial charge in [-0.25, -0.2) is 0 Å². The minimum atomic E-state index is -0.523. The SMILES string of the molecule is O=C([C@@H]1Cc2ccccc2O1)N(Cc1cccs1)c1ccc2c(c1)OCCO2. The highest BCUT2D eigenvalue weighted by Gasteiger charge is 2.33. The Morgan fingerprint density at radius 2 is 1.86 bits per heavy atom. The third-order valence-electron chi connectivity index (χ3n) is 4.92. The standard InChI is InChI=1S/C22H19NO4S/c24-22(21-12-15-4-1-2-6-18(15)27-21)23(14-17-5-3-11-28-17)16-7-8-19-20(13-16)26-10-9-25-19/h1-8,11,13,21H,9-10,12,14H2/t21-/m0/s1. The first kappa shape index (κ1) is 17.1. The summed E-state index contributed by atoms with van der Waals surface area (Å²) in [4.78, 5) is 16.3. The smallest absolute Gasteiger partial charge is 0.268 e. The molecule has 2 aliphatic rings. The van der Waals surface area contributed by atoms with Crippen LogP contribution >= 0.6 is 11.3 Å². The van der Waals surface area contributed by atoms with Gasteiger partial charge in [0, 0.05) is 23.1 Å². The maximum Gasteiger partial charge on any atom is 0.268 e. The number of anilines is 1. The average Bonchev–Trinajstić information content (AvgIpc) is 3.40. The molecule has 2 aromatic carbocycles. The maximum absolute atomic E-state index is 13.4. The van der Waals surface area contributed by atoms with Crippen LogP contribution in [0.15, 0.2) is 60.0 Å². The molecular weight excluding hydrogens is 374 g/mol. The first-order valence-electron chi connectivity index (χ1n) is 9.26. The van der Waals surface area contributed by atoms with E-state index < -0.39 is 6.10 Å². The Bertz CT molecular complexity index is 977. The van der Waals surface area contributed by atoms with Crippen LogP contribution in [0.5, 0.6) is 17.2 Å². The van der Waals surface area contributed by atoms with Gasteiger partial charge < -0.3 is 19.1 Å². The second kappa shape index (κ2) is 7.20. The minimum absolute atomic E-state index is 0.0544. The molecule has 142 valence electrons. The Hall–Kier alpha value is -2.99. The molecule has 28 heavy (non-hydrogen) atoms. The predicted molar refractivity (Wildman–Crippen MR) is 108 cm³/mol. The molecular formula is C22H19NO4S. The van der Waals surface area contributed by atoms with E-state index in [4.69, 9.17) is 14.2 Å². The van der Waals surface area contributed by atoms with E-state index in [0.29, 0.717) is 37.7 Å². The highest BCUT2D eigenvalue weighted by molar-refractivity contribution is 7.09. The summed E-state index contributed by atoms with van der Waals surface area (Å²) >= 11 is 1.63. The Labute approximate surface area is 167 Å². The Kier molecular flexibility index (Phi) is 4.41. The second-order valence-corrected chi connectivity index (χ2v) is 7.78. The van der Waals surface area contributed by atoms with Crippen molar-refractivity contribution in [2.24, 2.45) is 0 Å². The summed E-state index contributed by atoms with van der Waals surface area (Å²) in [5, 5.41) is 2.02. The van der Waals surface area contributed by atoms with Gasteiger partial charge >= 0.3 is 0 Å². The van der Waals surface area contributed by atoms with Gasteiger partial charge in [-0.1, -0.05) is 24.3 Å². The lowest BCUT2D eigenvalue weighted by Gasteiger charge is -2.27. The largest absolute Gasteiger partial charge is 0.486 e. The van der Waals surface area contributed by atoms with Crippen LogP contribution in [0.25, 0.3) is 0 Å². The van der Waals surface area contributed by atoms with Gasteiger partial charge in [-0.2, -0.15) is 0 Å². The van der Waals surface area contributed by atoms with Crippen molar-refractivity contribution in [3.63, 3.8) is 0 Å². The van der Waals surface area contributed by atoms with Crippen molar-refractivity contribution in [2.45, 2.75) is 19.1 Å². The van der Waals surface area contributed by atoms with Gasteiger partial charge in [0.05, 0.1) is 6.54 Å². The molecule has 5 nitrogen and oxygen atoms in total. The third-order valence-corrected chi connectivity index (χ3v) is 5.78. The monoisotopic (exact) mass is 393 g/mol. The number of benzene rings is 2. The molecule has 1 amide bonds. The molecule has 0 spiro atoms. The van der Waals surface area contributed by atoms with Crippen molar-refractivity contribution in [3.8, 4) is 17.2 Å². The number of para-hydroxylation sites is 1. The van der Waals surface area contributed by atoms with E-state index in [1.807, 2.05) is 60.0 Å². The molecule has 3 heterocycles. The molecule has 1 atom stereocenters. The van der Waals surface area contributed by atoms with E-state index in [1.54, 1.807) is 16.2 Å². The summed E-state index contributed by atoms with van der Waals surface area (Å²) in [5.74, 6) is 2.12. The summed E-state index contributed by atoms with van der Waals surface area (Å²) in [6, 6.07) is 17.5. The molecule has 0 radical (unpaired) electrons. The number of amides is 1. The number of hydrogen-bond donors (Lipinski definition) is 0. The quantitative estimate of drug-likeness (QED) is 0.671. The average molecular weight is 393 g/mol. The van der Waals surface area contributed by atoms with E-state index in [9.17, 15) is 4.79 Å². The normalized spacial score (nSPS) is 16.9. The summed E-state index contributed by atoms with van der Waals surface area (Å²) in [6.45, 7) is 1.54. The Morgan fingerprint density at radius 3 is 2.68 bits per heavy atom. The lowest BCUT2D eigenvalue weighted by Crippen LogP contribution is -2.41. The zero-order chi connectivity index (χ0) is 18.9. The molecule has 2 aliphatic heterocycles. The fraction of sp³-hybridized carbons (Fsp3) is 0.227. The number of nitrogens with zero attached hydrogens (tertiary/aromatic N) is 1. The van der Waals surface area contributed by atoms with Gasteiger partial charge in [-0.15, -0.1) is 11.3 Å². The number of carbonyl (C=O) groups excluding carboxylic acids is 1. The van der Waals surface area contributed by atoms with Crippen LogP contribution in [0.1, 0.15) is 10.4 Å². The lowest BCUT2D eigenvalue weighted by atomic mass is 10.1. The van der Waals surface area contributed by atoms with Gasteiger partial charge in [0.2, 0.25) is 0 Å². The summed E-state index contributed by atoms with van der Waals surface area (Å²) < 4.78 is 17.3. The topological polar surface area (TPSA) is 48.0 Å². The highest BCUT2D eigenvalue weighted by atomic mass is 32.1. The highest BCUT2D eigenvalue weighted by Crippen LogP contribution is 2.36. The van der Waals surface area contributed by atoms with Crippen LogP contribution in [0, 0.1) is 0 Å². The van der Waals surface area contributed by atoms with Crippen LogP contribution in [0.4, 0.5) is 5.69 Å². The molecule has 5 rings (SSSR count). The summed E-state index contributed by atoms with van der Waals surface area (Å²) in [7, 11) is 0. The van der Waals surface area contributed by atoms with Crippen molar-refractivity contribution in [2.75, 3.05) is 18.1 Å². The van der Waals surface area contributed by atoms with Crippen molar-refractivity contribution in [3.05, 3.63) is 70.4 Å². The molecule has 1 aromatic heterocycles. The van der Waals surface area contributed by atoms with E-state index in [2.05, 4.69) is 0 Å². The fourth-order valence-corrected chi connectivity index (χ4v) is 4.24. The van der Waals surface area contributed by atoms with E-state index >= 15 is 0 Å². The number of rotatable bonds is 4. The predicted octanol–water partition coefficient (Wildman–Crippen LogP) is 4.06. The van der Waals surface area contributed by atoms with Gasteiger partial charge in [0.1, 0.15) is 19.0 Å². The Morgan fingerprint density at radius 1 is 1.00 bits per heavy atom. The van der Waals surface area contributed by atoms with Crippen molar-refractivity contribution in [1.82, 2.24) is 0 Å². The van der Waals surface area contributed by atoms with Crippen molar-refractivity contribution >= 4 is 22.9 Å².